The van der Waals surface area contributed by atoms with E-state index in [0.717, 1.165) is 13.0 Å². The summed E-state index contributed by atoms with van der Waals surface area (Å²) in [5.41, 5.74) is 0.0787. The van der Waals surface area contributed by atoms with Crippen molar-refractivity contribution in [3.8, 4) is 0 Å². The maximum atomic E-state index is 11.7. The number of carbonyl (C=O) groups excluding carboxylic acids is 1. The van der Waals surface area contributed by atoms with Crippen LogP contribution in [0.15, 0.2) is 0 Å². The fourth-order valence-corrected chi connectivity index (χ4v) is 1.36. The Kier molecular flexibility index (Phi) is 7.24. The lowest BCUT2D eigenvalue weighted by molar-refractivity contribution is -0.121. The number of nitrogens with one attached hydrogen (secondary N) is 1. The van der Waals surface area contributed by atoms with Crippen molar-refractivity contribution in [2.24, 2.45) is 11.3 Å². The predicted molar refractivity (Wildman–Crippen MR) is 70.8 cm³/mol. The maximum absolute atomic E-state index is 11.7. The highest BCUT2D eigenvalue weighted by Crippen LogP contribution is 2.19. The zero-order valence-electron chi connectivity index (χ0n) is 11.0. The Morgan fingerprint density at radius 3 is 2.44 bits per heavy atom. The molecular weight excluding hydrogens is 270 g/mol. The number of rotatable bonds is 7. The molecule has 0 fully saturated rings. The van der Waals surface area contributed by atoms with E-state index in [-0.39, 0.29) is 16.1 Å². The predicted octanol–water partition coefficient (Wildman–Crippen LogP) is 2.58. The van der Waals surface area contributed by atoms with Gasteiger partial charge in [-0.25, -0.2) is 0 Å². The molecule has 16 heavy (non-hydrogen) atoms. The minimum absolute atomic E-state index is 0.0699. The molecule has 0 saturated carbocycles. The third kappa shape index (κ3) is 6.48. The number of hydrogen-bond donors (Lipinski definition) is 1. The average molecular weight is 294 g/mol. The van der Waals surface area contributed by atoms with Gasteiger partial charge >= 0.3 is 0 Å². The minimum atomic E-state index is -0.106. The Hall–Kier alpha value is -0.0900. The molecule has 0 bridgehead atoms. The van der Waals surface area contributed by atoms with E-state index in [2.05, 4.69) is 35.1 Å². The quantitative estimate of drug-likeness (QED) is 0.733. The molecule has 1 atom stereocenters. The minimum Gasteiger partial charge on any atom is -0.385 e. The van der Waals surface area contributed by atoms with Crippen molar-refractivity contribution in [3.05, 3.63) is 0 Å². The van der Waals surface area contributed by atoms with Gasteiger partial charge < -0.3 is 10.1 Å². The monoisotopic (exact) mass is 293 g/mol. The molecule has 0 spiro atoms. The smallest absolute Gasteiger partial charge is 0.234 e. The van der Waals surface area contributed by atoms with Crippen molar-refractivity contribution in [1.82, 2.24) is 5.32 Å². The van der Waals surface area contributed by atoms with Crippen molar-refractivity contribution in [2.45, 2.75) is 38.9 Å². The van der Waals surface area contributed by atoms with Crippen molar-refractivity contribution in [3.63, 3.8) is 0 Å². The summed E-state index contributed by atoms with van der Waals surface area (Å²) in [6, 6.07) is 0. The van der Waals surface area contributed by atoms with Crippen molar-refractivity contribution in [2.75, 3.05) is 20.3 Å². The van der Waals surface area contributed by atoms with Crippen LogP contribution in [0.3, 0.4) is 0 Å². The zero-order valence-corrected chi connectivity index (χ0v) is 12.6. The molecule has 0 heterocycles. The summed E-state index contributed by atoms with van der Waals surface area (Å²) in [5.74, 6) is 0.377. The van der Waals surface area contributed by atoms with Gasteiger partial charge in [-0.3, -0.25) is 4.79 Å². The van der Waals surface area contributed by atoms with E-state index in [1.807, 2.05) is 13.8 Å². The first-order chi connectivity index (χ1) is 7.30. The van der Waals surface area contributed by atoms with Crippen LogP contribution >= 0.6 is 15.9 Å². The van der Waals surface area contributed by atoms with Gasteiger partial charge in [-0.15, -0.1) is 0 Å². The number of halogens is 1. The fourth-order valence-electron chi connectivity index (χ4n) is 1.19. The highest BCUT2D eigenvalue weighted by Gasteiger charge is 2.22. The van der Waals surface area contributed by atoms with Crippen LogP contribution in [-0.2, 0) is 9.53 Å². The standard InChI is InChI=1S/C12H24BrNO2/c1-9(2)10(13)11(15)14-8-12(3,4)6-7-16-5/h9-10H,6-8H2,1-5H3,(H,14,15). The van der Waals surface area contributed by atoms with Crippen molar-refractivity contribution < 1.29 is 9.53 Å². The first kappa shape index (κ1) is 15.9. The van der Waals surface area contributed by atoms with Gasteiger partial charge in [-0.2, -0.15) is 0 Å². The molecule has 3 nitrogen and oxygen atoms in total. The Balaban J connectivity index is 3.99. The van der Waals surface area contributed by atoms with E-state index in [9.17, 15) is 4.79 Å². The van der Waals surface area contributed by atoms with Gasteiger partial charge in [0.1, 0.15) is 0 Å². The van der Waals surface area contributed by atoms with Crippen LogP contribution in [0, 0.1) is 11.3 Å². The molecule has 0 aliphatic heterocycles. The highest BCUT2D eigenvalue weighted by molar-refractivity contribution is 9.10. The summed E-state index contributed by atoms with van der Waals surface area (Å²) in [4.78, 5) is 11.6. The zero-order chi connectivity index (χ0) is 12.8. The summed E-state index contributed by atoms with van der Waals surface area (Å²) in [6.07, 6.45) is 0.943. The number of hydrogen-bond acceptors (Lipinski definition) is 2. The summed E-state index contributed by atoms with van der Waals surface area (Å²) in [5, 5.41) is 2.97. The van der Waals surface area contributed by atoms with E-state index in [4.69, 9.17) is 4.74 Å². The Morgan fingerprint density at radius 1 is 1.44 bits per heavy atom. The summed E-state index contributed by atoms with van der Waals surface area (Å²) < 4.78 is 5.05. The van der Waals surface area contributed by atoms with Crippen LogP contribution in [0.2, 0.25) is 0 Å². The van der Waals surface area contributed by atoms with Gasteiger partial charge in [-0.1, -0.05) is 43.6 Å². The van der Waals surface area contributed by atoms with Gasteiger partial charge in [0, 0.05) is 20.3 Å². The number of alkyl halides is 1. The van der Waals surface area contributed by atoms with E-state index >= 15 is 0 Å². The molecule has 4 heteroatoms. The van der Waals surface area contributed by atoms with Gasteiger partial charge in [0.15, 0.2) is 0 Å². The molecule has 0 aromatic carbocycles. The van der Waals surface area contributed by atoms with Crippen LogP contribution in [0.4, 0.5) is 0 Å². The van der Waals surface area contributed by atoms with Crippen LogP contribution < -0.4 is 5.32 Å². The van der Waals surface area contributed by atoms with Crippen molar-refractivity contribution in [1.29, 1.82) is 0 Å². The van der Waals surface area contributed by atoms with Gasteiger partial charge in [0.25, 0.3) is 0 Å². The maximum Gasteiger partial charge on any atom is 0.234 e. The second-order valence-electron chi connectivity index (χ2n) is 5.27. The van der Waals surface area contributed by atoms with Crippen LogP contribution in [0.5, 0.6) is 0 Å². The fraction of sp³-hybridized carbons (Fsp3) is 0.917. The molecule has 0 radical (unpaired) electrons. The molecule has 1 N–H and O–H groups in total. The van der Waals surface area contributed by atoms with E-state index in [1.165, 1.54) is 0 Å². The lowest BCUT2D eigenvalue weighted by Crippen LogP contribution is -2.40. The topological polar surface area (TPSA) is 38.3 Å². The largest absolute Gasteiger partial charge is 0.385 e. The van der Waals surface area contributed by atoms with Crippen molar-refractivity contribution >= 4 is 21.8 Å². The molecule has 1 amide bonds. The summed E-state index contributed by atoms with van der Waals surface area (Å²) in [7, 11) is 1.70. The second kappa shape index (κ2) is 7.28. The Bertz CT molecular complexity index is 217. The third-order valence-electron chi connectivity index (χ3n) is 2.56. The molecule has 1 unspecified atom stereocenters. The first-order valence-corrected chi connectivity index (χ1v) is 6.62. The number of amides is 1. The van der Waals surface area contributed by atoms with Gasteiger partial charge in [0.05, 0.1) is 4.83 Å². The van der Waals surface area contributed by atoms with Crippen LogP contribution in [0.25, 0.3) is 0 Å². The molecule has 0 aromatic rings. The first-order valence-electron chi connectivity index (χ1n) is 5.71. The number of methoxy groups -OCH3 is 1. The normalized spacial score (nSPS) is 13.9. The summed E-state index contributed by atoms with van der Waals surface area (Å²) >= 11 is 3.39. The van der Waals surface area contributed by atoms with E-state index in [1.54, 1.807) is 7.11 Å². The number of carbonyl (C=O) groups is 1. The van der Waals surface area contributed by atoms with Gasteiger partial charge in [0.2, 0.25) is 5.91 Å². The SMILES string of the molecule is COCCC(C)(C)CNC(=O)C(Br)C(C)C. The third-order valence-corrected chi connectivity index (χ3v) is 4.03. The number of ether oxygens (including phenoxy) is 1. The molecule has 0 saturated heterocycles. The Morgan fingerprint density at radius 2 is 2.00 bits per heavy atom. The highest BCUT2D eigenvalue weighted by atomic mass is 79.9. The average Bonchev–Trinajstić information content (AvgIpc) is 2.22. The van der Waals surface area contributed by atoms with Gasteiger partial charge in [-0.05, 0) is 17.8 Å². The molecule has 0 aromatic heterocycles. The lowest BCUT2D eigenvalue weighted by atomic mass is 9.89. The molecule has 96 valence electrons. The molecule has 0 aliphatic carbocycles. The van der Waals surface area contributed by atoms with E-state index < -0.39 is 0 Å². The molecular formula is C12H24BrNO2. The molecule has 0 rings (SSSR count). The lowest BCUT2D eigenvalue weighted by Gasteiger charge is -2.25. The molecule has 0 aliphatic rings. The van der Waals surface area contributed by atoms with Crippen LogP contribution in [0.1, 0.15) is 34.1 Å². The van der Waals surface area contributed by atoms with Crippen LogP contribution in [-0.4, -0.2) is 31.0 Å². The summed E-state index contributed by atoms with van der Waals surface area (Å²) in [6.45, 7) is 9.72. The van der Waals surface area contributed by atoms with E-state index in [0.29, 0.717) is 12.5 Å². The Labute approximate surface area is 107 Å². The second-order valence-corrected chi connectivity index (χ2v) is 6.26.